The van der Waals surface area contributed by atoms with Gasteiger partial charge in [-0.1, -0.05) is 6.07 Å². The molecule has 1 aliphatic rings. The Morgan fingerprint density at radius 3 is 2.19 bits per heavy atom. The smallest absolute Gasteiger partial charge is 0.744 e. The first-order chi connectivity index (χ1) is 23.8. The molecule has 1 aliphatic carbocycles. The molecule has 0 fully saturated rings. The number of benzene rings is 4. The van der Waals surface area contributed by atoms with Gasteiger partial charge in [-0.15, -0.1) is 10.2 Å². The van der Waals surface area contributed by atoms with Gasteiger partial charge in [-0.25, -0.2) is 8.42 Å². The van der Waals surface area contributed by atoms with Gasteiger partial charge in [0, 0.05) is 16.8 Å². The van der Waals surface area contributed by atoms with Crippen LogP contribution in [0.3, 0.4) is 0 Å². The number of carbonyl (C=O) groups is 3. The SMILES string of the molecule is O=C1C=CC(NNc2cccc(S(=O)(=O)[O-])c2)=C/C1=N/N=c1\ccc(=O)/c(=N/Nc2ccc(C(=O)Nc3ccc(O)c(C(=O)[O-])c3)cc2)c1=O.[Na+].[Na+]. The number of hydrogen-bond acceptors (Lipinski definition) is 16. The molecular weight excluding hydrogens is 720 g/mol. The van der Waals surface area contributed by atoms with Gasteiger partial charge in [0.1, 0.15) is 26.9 Å². The summed E-state index contributed by atoms with van der Waals surface area (Å²) in [5.74, 6) is -3.30. The van der Waals surface area contributed by atoms with E-state index in [1.807, 2.05) is 0 Å². The fraction of sp³-hybridized carbons (Fsp3) is 0. The number of carboxylic acids is 1. The van der Waals surface area contributed by atoms with Crippen LogP contribution in [0.15, 0.2) is 133 Å². The van der Waals surface area contributed by atoms with E-state index in [1.54, 1.807) is 0 Å². The molecule has 0 bridgehead atoms. The average Bonchev–Trinajstić information content (AvgIpc) is 3.08. The second-order valence-electron chi connectivity index (χ2n) is 10.1. The number of carboxylic acid groups (broad SMARTS) is 1. The number of carbonyl (C=O) groups excluding carboxylic acids is 3. The number of nitrogens with one attached hydrogen (secondary N) is 4. The van der Waals surface area contributed by atoms with Crippen LogP contribution in [0, 0.1) is 0 Å². The van der Waals surface area contributed by atoms with Crippen LogP contribution >= 0.6 is 0 Å². The summed E-state index contributed by atoms with van der Waals surface area (Å²) in [5.41, 5.74) is 6.70. The molecule has 1 amide bonds. The molecule has 20 heteroatoms. The Balaban J connectivity index is 0.00000364. The molecule has 0 spiro atoms. The zero-order valence-corrected chi connectivity index (χ0v) is 31.9. The molecule has 0 radical (unpaired) electrons. The number of nitrogens with zero attached hydrogens (tertiary/aromatic N) is 3. The molecule has 0 unspecified atom stereocenters. The van der Waals surface area contributed by atoms with Crippen molar-refractivity contribution in [3.8, 4) is 5.75 Å². The Labute approximate surface area is 337 Å². The van der Waals surface area contributed by atoms with E-state index < -0.39 is 60.2 Å². The summed E-state index contributed by atoms with van der Waals surface area (Å²) in [6.07, 6.45) is 3.83. The minimum absolute atomic E-state index is 0. The molecule has 0 heterocycles. The van der Waals surface area contributed by atoms with E-state index >= 15 is 0 Å². The predicted molar refractivity (Wildman–Crippen MR) is 174 cm³/mol. The first-order valence-electron chi connectivity index (χ1n) is 14.0. The monoisotopic (exact) mass is 741 g/mol. The summed E-state index contributed by atoms with van der Waals surface area (Å²) in [6, 6.07) is 16.3. The van der Waals surface area contributed by atoms with Crippen molar-refractivity contribution in [2.75, 3.05) is 16.2 Å². The molecule has 52 heavy (non-hydrogen) atoms. The van der Waals surface area contributed by atoms with Crippen LogP contribution in [0.5, 0.6) is 5.75 Å². The summed E-state index contributed by atoms with van der Waals surface area (Å²) in [7, 11) is -4.67. The van der Waals surface area contributed by atoms with Gasteiger partial charge < -0.3 is 35.7 Å². The molecule has 5 rings (SSSR count). The van der Waals surface area contributed by atoms with E-state index in [1.165, 1.54) is 54.6 Å². The van der Waals surface area contributed by atoms with Gasteiger partial charge in [0.15, 0.2) is 5.36 Å². The van der Waals surface area contributed by atoms with Crippen molar-refractivity contribution in [1.82, 2.24) is 5.43 Å². The third kappa shape index (κ3) is 10.5. The van der Waals surface area contributed by atoms with Gasteiger partial charge in [-0.2, -0.15) is 5.10 Å². The van der Waals surface area contributed by atoms with Crippen LogP contribution in [0.25, 0.3) is 0 Å². The Hall–Kier alpha value is -5.05. The van der Waals surface area contributed by atoms with E-state index in [2.05, 4.69) is 36.9 Å². The number of aromatic carboxylic acids is 1. The normalized spacial score (nSPS) is 13.8. The van der Waals surface area contributed by atoms with Gasteiger partial charge >= 0.3 is 59.1 Å². The second-order valence-corrected chi connectivity index (χ2v) is 11.5. The number of phenols is 1. The van der Waals surface area contributed by atoms with Crippen molar-refractivity contribution in [3.63, 3.8) is 0 Å². The van der Waals surface area contributed by atoms with Crippen LogP contribution in [0.4, 0.5) is 17.1 Å². The van der Waals surface area contributed by atoms with E-state index in [0.717, 1.165) is 42.5 Å². The molecule has 252 valence electrons. The number of aromatic hydroxyl groups is 1. The van der Waals surface area contributed by atoms with Crippen LogP contribution in [-0.2, 0) is 14.9 Å². The third-order valence-corrected chi connectivity index (χ3v) is 7.52. The van der Waals surface area contributed by atoms with Crippen LogP contribution in [-0.4, -0.2) is 41.4 Å². The third-order valence-electron chi connectivity index (χ3n) is 6.69. The Morgan fingerprint density at radius 1 is 0.788 bits per heavy atom. The zero-order valence-electron chi connectivity index (χ0n) is 27.1. The molecule has 0 saturated heterocycles. The summed E-state index contributed by atoms with van der Waals surface area (Å²) in [6.45, 7) is 0. The predicted octanol–water partition coefficient (Wildman–Crippen LogP) is -6.66. The second kappa shape index (κ2) is 17.9. The van der Waals surface area contributed by atoms with Crippen molar-refractivity contribution >= 4 is 50.6 Å². The van der Waals surface area contributed by atoms with Crippen LogP contribution in [0.1, 0.15) is 20.7 Å². The summed E-state index contributed by atoms with van der Waals surface area (Å²) >= 11 is 0. The molecule has 0 atom stereocenters. The van der Waals surface area contributed by atoms with Gasteiger partial charge in [0.05, 0.1) is 27.9 Å². The molecule has 0 aliphatic heterocycles. The molecule has 5 N–H and O–H groups in total. The molecular formula is C32H21N7Na2O10S. The fourth-order valence-corrected chi connectivity index (χ4v) is 4.70. The maximum atomic E-state index is 13.0. The van der Waals surface area contributed by atoms with E-state index in [9.17, 15) is 47.2 Å². The van der Waals surface area contributed by atoms with E-state index in [4.69, 9.17) is 0 Å². The summed E-state index contributed by atoms with van der Waals surface area (Å²) < 4.78 is 33.8. The number of anilines is 3. The molecule has 0 saturated carbocycles. The van der Waals surface area contributed by atoms with Crippen molar-refractivity contribution in [1.29, 1.82) is 0 Å². The van der Waals surface area contributed by atoms with E-state index in [0.29, 0.717) is 5.70 Å². The molecule has 4 aromatic carbocycles. The number of rotatable bonds is 10. The minimum Gasteiger partial charge on any atom is -0.744 e. The van der Waals surface area contributed by atoms with Gasteiger partial charge in [-0.05, 0) is 91.0 Å². The van der Waals surface area contributed by atoms with E-state index in [-0.39, 0.29) is 92.8 Å². The number of hydrogen-bond donors (Lipinski definition) is 5. The number of ketones is 1. The zero-order chi connectivity index (χ0) is 36.0. The summed E-state index contributed by atoms with van der Waals surface area (Å²) in [4.78, 5) is 61.0. The topological polar surface area (TPSA) is 271 Å². The van der Waals surface area contributed by atoms with Gasteiger partial charge in [0.2, 0.25) is 16.6 Å². The maximum absolute atomic E-state index is 13.0. The minimum atomic E-state index is -4.67. The van der Waals surface area contributed by atoms with Crippen molar-refractivity contribution in [2.45, 2.75) is 4.90 Å². The van der Waals surface area contributed by atoms with Crippen molar-refractivity contribution < 1.29 is 96.7 Å². The Morgan fingerprint density at radius 2 is 1.50 bits per heavy atom. The maximum Gasteiger partial charge on any atom is 1.00 e. The van der Waals surface area contributed by atoms with Crippen molar-refractivity contribution in [3.05, 3.63) is 145 Å². The number of amides is 1. The van der Waals surface area contributed by atoms with Crippen LogP contribution < -0.4 is 107 Å². The molecule has 17 nitrogen and oxygen atoms in total. The first-order valence-corrected chi connectivity index (χ1v) is 15.4. The number of allylic oxidation sites excluding steroid dienone is 3. The van der Waals surface area contributed by atoms with Crippen LogP contribution in [0.2, 0.25) is 0 Å². The number of hydrazine groups is 1. The van der Waals surface area contributed by atoms with Crippen molar-refractivity contribution in [2.24, 2.45) is 15.3 Å². The summed E-state index contributed by atoms with van der Waals surface area (Å²) in [5, 5.41) is 33.9. The van der Waals surface area contributed by atoms with Gasteiger partial charge in [0.25, 0.3) is 5.91 Å². The van der Waals surface area contributed by atoms with Gasteiger partial charge in [-0.3, -0.25) is 24.6 Å². The quantitative estimate of drug-likeness (QED) is 0.0333. The largest absolute Gasteiger partial charge is 1.00 e. The Bertz CT molecular complexity index is 2500. The average molecular weight is 742 g/mol. The molecule has 4 aromatic rings. The standard InChI is InChI=1S/C32H23N7O10S.2Na/c40-26-11-8-19(15-23(26)32(45)46)33-31(44)17-4-6-18(7-5-17)34-39-29-28(42)13-10-24(30(29)43)37-38-25-16-21(9-12-27(25)41)36-35-20-2-1-3-22(14-20)50(47,48)49;;/h1-16,34-36,40H,(H,33,44)(H,45,46)(H,47,48,49);;/q;2*+1/p-2/b37-24+,38-25-,39-29-;;. The fourth-order valence-electron chi connectivity index (χ4n) is 4.18. The molecule has 0 aromatic heterocycles. The Kier molecular flexibility index (Phi) is 14.3. The first kappa shape index (κ1) is 41.4.